The first-order valence-electron chi connectivity index (χ1n) is 6.55. The fourth-order valence-corrected chi connectivity index (χ4v) is 1.81. The second-order valence-electron chi connectivity index (χ2n) is 4.41. The Morgan fingerprint density at radius 1 is 1.05 bits per heavy atom. The highest BCUT2D eigenvalue weighted by Gasteiger charge is 2.14. The molecule has 0 saturated carbocycles. The van der Waals surface area contributed by atoms with Crippen LogP contribution in [0, 0.1) is 5.82 Å². The van der Waals surface area contributed by atoms with Crippen molar-refractivity contribution in [3.05, 3.63) is 65.7 Å². The van der Waals surface area contributed by atoms with E-state index >= 15 is 0 Å². The van der Waals surface area contributed by atoms with Gasteiger partial charge in [-0.1, -0.05) is 0 Å². The molecule has 2 aromatic rings. The van der Waals surface area contributed by atoms with Crippen LogP contribution in [0.3, 0.4) is 0 Å². The average molecular weight is 324 g/mol. The minimum absolute atomic E-state index is 0. The number of carbonyl (C=O) groups excluding carboxylic acids is 2. The molecular formula is C16H15ClFNO3. The van der Waals surface area contributed by atoms with Crippen molar-refractivity contribution < 1.29 is 35.7 Å². The first kappa shape index (κ1) is 17.8. The Balaban J connectivity index is 0.00000242. The van der Waals surface area contributed by atoms with E-state index in [1.807, 2.05) is 0 Å². The number of esters is 1. The molecule has 22 heavy (non-hydrogen) atoms. The van der Waals surface area contributed by atoms with Crippen molar-refractivity contribution >= 4 is 11.8 Å². The number of rotatable bonds is 5. The molecule has 1 aromatic heterocycles. The highest BCUT2D eigenvalue weighted by Crippen LogP contribution is 2.04. The molecule has 0 amide bonds. The number of carbonyl (C=O) groups is 2. The molecular weight excluding hydrogens is 309 g/mol. The normalized spacial score (nSPS) is 9.73. The van der Waals surface area contributed by atoms with E-state index < -0.39 is 5.97 Å². The van der Waals surface area contributed by atoms with E-state index in [0.29, 0.717) is 17.7 Å². The van der Waals surface area contributed by atoms with E-state index in [1.165, 1.54) is 24.3 Å². The van der Waals surface area contributed by atoms with Crippen LogP contribution in [0.2, 0.25) is 0 Å². The van der Waals surface area contributed by atoms with Gasteiger partial charge in [-0.05, 0) is 31.2 Å². The highest BCUT2D eigenvalue weighted by atomic mass is 35.5. The molecule has 2 rings (SSSR count). The lowest BCUT2D eigenvalue weighted by Gasteiger charge is -2.01. The SMILES string of the molecule is CCOC(=O)c1cc[n+](CC(=O)c2ccc(F)cc2)cc1.[Cl-]. The maximum atomic E-state index is 12.8. The number of hydrogen-bond acceptors (Lipinski definition) is 3. The molecule has 0 bridgehead atoms. The Bertz CT molecular complexity index is 641. The number of ether oxygens (including phenoxy) is 1. The molecule has 0 N–H and O–H groups in total. The molecule has 0 aliphatic heterocycles. The Hall–Kier alpha value is -2.27. The zero-order valence-electron chi connectivity index (χ0n) is 12.0. The number of nitrogens with zero attached hydrogens (tertiary/aromatic N) is 1. The molecule has 1 aromatic carbocycles. The molecule has 0 spiro atoms. The smallest absolute Gasteiger partial charge is 0.338 e. The summed E-state index contributed by atoms with van der Waals surface area (Å²) >= 11 is 0. The second-order valence-corrected chi connectivity index (χ2v) is 4.41. The van der Waals surface area contributed by atoms with Crippen LogP contribution in [-0.2, 0) is 11.3 Å². The molecule has 0 atom stereocenters. The van der Waals surface area contributed by atoms with Crippen LogP contribution in [0.5, 0.6) is 0 Å². The topological polar surface area (TPSA) is 47.2 Å². The van der Waals surface area contributed by atoms with Crippen molar-refractivity contribution in [3.8, 4) is 0 Å². The third-order valence-corrected chi connectivity index (χ3v) is 2.89. The summed E-state index contributed by atoms with van der Waals surface area (Å²) in [6.07, 6.45) is 3.27. The number of Topliss-reactive ketones (excluding diaryl/α,β-unsaturated/α-hetero) is 1. The number of benzene rings is 1. The number of pyridine rings is 1. The van der Waals surface area contributed by atoms with Gasteiger partial charge in [0.15, 0.2) is 12.4 Å². The van der Waals surface area contributed by atoms with Crippen LogP contribution in [0.1, 0.15) is 27.6 Å². The van der Waals surface area contributed by atoms with E-state index in [0.717, 1.165) is 0 Å². The predicted molar refractivity (Wildman–Crippen MR) is 73.3 cm³/mol. The Kier molecular flexibility index (Phi) is 6.66. The fraction of sp³-hybridized carbons (Fsp3) is 0.188. The van der Waals surface area contributed by atoms with Gasteiger partial charge in [0.05, 0.1) is 12.2 Å². The summed E-state index contributed by atoms with van der Waals surface area (Å²) in [5.74, 6) is -0.906. The molecule has 0 aliphatic rings. The van der Waals surface area contributed by atoms with Gasteiger partial charge in [0.1, 0.15) is 5.82 Å². The van der Waals surface area contributed by atoms with Crippen molar-refractivity contribution in [2.75, 3.05) is 6.61 Å². The lowest BCUT2D eigenvalue weighted by molar-refractivity contribution is -0.683. The molecule has 0 fully saturated rings. The van der Waals surface area contributed by atoms with Crippen molar-refractivity contribution in [1.82, 2.24) is 0 Å². The average Bonchev–Trinajstić information content (AvgIpc) is 2.49. The largest absolute Gasteiger partial charge is 1.00 e. The van der Waals surface area contributed by atoms with Gasteiger partial charge in [-0.15, -0.1) is 0 Å². The van der Waals surface area contributed by atoms with Crippen molar-refractivity contribution in [1.29, 1.82) is 0 Å². The molecule has 0 aliphatic carbocycles. The van der Waals surface area contributed by atoms with Gasteiger partial charge in [-0.3, -0.25) is 4.79 Å². The van der Waals surface area contributed by atoms with Crippen LogP contribution in [-0.4, -0.2) is 18.4 Å². The molecule has 0 unspecified atom stereocenters. The third kappa shape index (κ3) is 4.63. The lowest BCUT2D eigenvalue weighted by Crippen LogP contribution is -3.00. The Morgan fingerprint density at radius 3 is 2.18 bits per heavy atom. The van der Waals surface area contributed by atoms with Gasteiger partial charge in [-0.2, -0.15) is 4.57 Å². The van der Waals surface area contributed by atoms with Gasteiger partial charge in [0.25, 0.3) is 0 Å². The Labute approximate surface area is 133 Å². The van der Waals surface area contributed by atoms with Crippen molar-refractivity contribution in [2.24, 2.45) is 0 Å². The number of hydrogen-bond donors (Lipinski definition) is 0. The molecule has 1 heterocycles. The summed E-state index contributed by atoms with van der Waals surface area (Å²) < 4.78 is 19.3. The quantitative estimate of drug-likeness (QED) is 0.410. The molecule has 6 heteroatoms. The second kappa shape index (κ2) is 8.24. The van der Waals surface area contributed by atoms with Crippen LogP contribution in [0.4, 0.5) is 4.39 Å². The van der Waals surface area contributed by atoms with Gasteiger partial charge in [-0.25, -0.2) is 9.18 Å². The van der Waals surface area contributed by atoms with E-state index in [1.54, 1.807) is 36.0 Å². The summed E-state index contributed by atoms with van der Waals surface area (Å²) in [6.45, 7) is 2.17. The molecule has 0 saturated heterocycles. The Morgan fingerprint density at radius 2 is 1.64 bits per heavy atom. The number of aromatic nitrogens is 1. The molecule has 116 valence electrons. The minimum atomic E-state index is -0.394. The van der Waals surface area contributed by atoms with Crippen molar-refractivity contribution in [3.63, 3.8) is 0 Å². The number of ketones is 1. The van der Waals surface area contributed by atoms with E-state index in [4.69, 9.17) is 4.74 Å². The van der Waals surface area contributed by atoms with Crippen LogP contribution >= 0.6 is 0 Å². The third-order valence-electron chi connectivity index (χ3n) is 2.89. The number of halogens is 2. The first-order valence-corrected chi connectivity index (χ1v) is 6.55. The monoisotopic (exact) mass is 323 g/mol. The summed E-state index contributed by atoms with van der Waals surface area (Å²) in [7, 11) is 0. The maximum Gasteiger partial charge on any atom is 0.338 e. The van der Waals surface area contributed by atoms with Crippen LogP contribution < -0.4 is 17.0 Å². The van der Waals surface area contributed by atoms with E-state index in [2.05, 4.69) is 0 Å². The van der Waals surface area contributed by atoms with Gasteiger partial charge < -0.3 is 17.1 Å². The van der Waals surface area contributed by atoms with E-state index in [-0.39, 0.29) is 30.6 Å². The van der Waals surface area contributed by atoms with Crippen LogP contribution in [0.15, 0.2) is 48.8 Å². The summed E-state index contributed by atoms with van der Waals surface area (Å²) in [5, 5.41) is 0. The highest BCUT2D eigenvalue weighted by molar-refractivity contribution is 5.95. The molecule has 4 nitrogen and oxygen atoms in total. The van der Waals surface area contributed by atoms with Gasteiger partial charge in [0, 0.05) is 17.7 Å². The summed E-state index contributed by atoms with van der Waals surface area (Å²) in [5.41, 5.74) is 0.876. The van der Waals surface area contributed by atoms with Gasteiger partial charge in [0.2, 0.25) is 12.3 Å². The first-order chi connectivity index (χ1) is 10.1. The lowest BCUT2D eigenvalue weighted by atomic mass is 10.1. The minimum Gasteiger partial charge on any atom is -1.00 e. The van der Waals surface area contributed by atoms with Crippen molar-refractivity contribution in [2.45, 2.75) is 13.5 Å². The van der Waals surface area contributed by atoms with Crippen LogP contribution in [0.25, 0.3) is 0 Å². The van der Waals surface area contributed by atoms with Gasteiger partial charge >= 0.3 is 5.97 Å². The van der Waals surface area contributed by atoms with E-state index in [9.17, 15) is 14.0 Å². The standard InChI is InChI=1S/C16H15FNO3.ClH/c1-2-21-16(20)13-7-9-18(10-8-13)11-15(19)12-3-5-14(17)6-4-12;/h3-10H,2,11H2,1H3;1H/q+1;/p-1. The summed E-state index contributed by atoms with van der Waals surface area (Å²) in [6, 6.07) is 8.59. The maximum absolute atomic E-state index is 12.8. The molecule has 0 radical (unpaired) electrons. The zero-order valence-corrected chi connectivity index (χ0v) is 12.7. The zero-order chi connectivity index (χ0) is 15.2. The summed E-state index contributed by atoms with van der Waals surface area (Å²) in [4.78, 5) is 23.5. The predicted octanol–water partition coefficient (Wildman–Crippen LogP) is -0.823. The fourth-order valence-electron chi connectivity index (χ4n) is 1.81.